The lowest BCUT2D eigenvalue weighted by Crippen LogP contribution is -2.30. The van der Waals surface area contributed by atoms with Gasteiger partial charge in [0.2, 0.25) is 5.91 Å². The lowest BCUT2D eigenvalue weighted by Gasteiger charge is -2.22. The summed E-state index contributed by atoms with van der Waals surface area (Å²) >= 11 is 1.58. The van der Waals surface area contributed by atoms with E-state index in [4.69, 9.17) is 4.98 Å². The van der Waals surface area contributed by atoms with E-state index in [1.807, 2.05) is 17.0 Å². The summed E-state index contributed by atoms with van der Waals surface area (Å²) in [7, 11) is 0. The van der Waals surface area contributed by atoms with Crippen LogP contribution in [0.25, 0.3) is 0 Å². The molecule has 0 spiro atoms. The van der Waals surface area contributed by atoms with Crippen LogP contribution in [-0.4, -0.2) is 21.8 Å². The van der Waals surface area contributed by atoms with Crippen molar-refractivity contribution in [2.24, 2.45) is 0 Å². The van der Waals surface area contributed by atoms with Gasteiger partial charge in [-0.15, -0.1) is 11.3 Å². The molecule has 0 aliphatic heterocycles. The molecule has 3 aromatic rings. The average molecular weight is 392 g/mol. The van der Waals surface area contributed by atoms with E-state index in [9.17, 15) is 4.79 Å². The van der Waals surface area contributed by atoms with Gasteiger partial charge >= 0.3 is 0 Å². The predicted octanol–water partition coefficient (Wildman–Crippen LogP) is 4.86. The predicted molar refractivity (Wildman–Crippen MR) is 114 cm³/mol. The van der Waals surface area contributed by atoms with Gasteiger partial charge in [-0.3, -0.25) is 14.6 Å². The van der Waals surface area contributed by atoms with Crippen molar-refractivity contribution < 1.29 is 4.79 Å². The Kier molecular flexibility index (Phi) is 5.84. The van der Waals surface area contributed by atoms with E-state index in [0.717, 1.165) is 43.3 Å². The molecule has 0 atom stereocenters. The van der Waals surface area contributed by atoms with E-state index in [0.29, 0.717) is 6.04 Å². The Morgan fingerprint density at radius 1 is 0.964 bits per heavy atom. The number of anilines is 1. The highest BCUT2D eigenvalue weighted by Crippen LogP contribution is 2.33. The van der Waals surface area contributed by atoms with E-state index in [-0.39, 0.29) is 5.91 Å². The number of benzene rings is 2. The van der Waals surface area contributed by atoms with Crippen molar-refractivity contribution in [2.45, 2.75) is 45.4 Å². The van der Waals surface area contributed by atoms with Crippen LogP contribution in [0.2, 0.25) is 0 Å². The molecular formula is C23H25N3OS. The summed E-state index contributed by atoms with van der Waals surface area (Å²) < 4.78 is 0. The number of aromatic nitrogens is 1. The van der Waals surface area contributed by atoms with Gasteiger partial charge in [0.15, 0.2) is 5.13 Å². The zero-order chi connectivity index (χ0) is 19.3. The third-order valence-electron chi connectivity index (χ3n) is 4.88. The zero-order valence-corrected chi connectivity index (χ0v) is 16.9. The van der Waals surface area contributed by atoms with Gasteiger partial charge in [-0.05, 0) is 24.0 Å². The van der Waals surface area contributed by atoms with E-state index in [1.54, 1.807) is 18.3 Å². The fourth-order valence-electron chi connectivity index (χ4n) is 3.44. The SMILES string of the molecule is CC(=O)N(c1nc(CN(Cc2ccccc2)Cc2ccccc2)cs1)C1CC1. The van der Waals surface area contributed by atoms with Gasteiger partial charge in [0, 0.05) is 38.0 Å². The van der Waals surface area contributed by atoms with Crippen molar-refractivity contribution in [2.75, 3.05) is 4.90 Å². The minimum atomic E-state index is 0.0915. The standard InChI is InChI=1S/C23H25N3OS/c1-18(27)26(22-12-13-22)23-24-21(17-28-23)16-25(14-19-8-4-2-5-9-19)15-20-10-6-3-7-11-20/h2-11,17,22H,12-16H2,1H3. The Bertz CT molecular complexity index is 864. The van der Waals surface area contributed by atoms with Crippen LogP contribution in [0.5, 0.6) is 0 Å². The van der Waals surface area contributed by atoms with Gasteiger partial charge in [-0.2, -0.15) is 0 Å². The summed E-state index contributed by atoms with van der Waals surface area (Å²) in [6, 6.07) is 21.4. The van der Waals surface area contributed by atoms with Gasteiger partial charge in [-0.1, -0.05) is 60.7 Å². The second-order valence-corrected chi connectivity index (χ2v) is 8.19. The van der Waals surface area contributed by atoms with Crippen LogP contribution in [0, 0.1) is 0 Å². The van der Waals surface area contributed by atoms with E-state index >= 15 is 0 Å². The first kappa shape index (κ1) is 18.8. The smallest absolute Gasteiger partial charge is 0.225 e. The number of carbonyl (C=O) groups excluding carboxylic acids is 1. The zero-order valence-electron chi connectivity index (χ0n) is 16.1. The maximum absolute atomic E-state index is 12.0. The monoisotopic (exact) mass is 391 g/mol. The van der Waals surface area contributed by atoms with Crippen molar-refractivity contribution in [1.82, 2.24) is 9.88 Å². The van der Waals surface area contributed by atoms with Crippen molar-refractivity contribution >= 4 is 22.4 Å². The molecule has 1 aromatic heterocycles. The number of amides is 1. The van der Waals surface area contributed by atoms with Crippen molar-refractivity contribution in [3.8, 4) is 0 Å². The Morgan fingerprint density at radius 3 is 2.04 bits per heavy atom. The van der Waals surface area contributed by atoms with Crippen LogP contribution >= 0.6 is 11.3 Å². The normalized spacial score (nSPS) is 13.6. The van der Waals surface area contributed by atoms with Crippen molar-refractivity contribution in [3.63, 3.8) is 0 Å². The summed E-state index contributed by atoms with van der Waals surface area (Å²) in [5.41, 5.74) is 3.60. The summed E-state index contributed by atoms with van der Waals surface area (Å²) in [5, 5.41) is 2.93. The van der Waals surface area contributed by atoms with Gasteiger partial charge < -0.3 is 0 Å². The molecule has 4 rings (SSSR count). The molecule has 0 radical (unpaired) electrons. The molecule has 1 fully saturated rings. The molecule has 5 heteroatoms. The van der Waals surface area contributed by atoms with Crippen LogP contribution in [0.15, 0.2) is 66.0 Å². The summed E-state index contributed by atoms with van der Waals surface area (Å²) in [6.07, 6.45) is 2.17. The maximum Gasteiger partial charge on any atom is 0.225 e. The molecular weight excluding hydrogens is 366 g/mol. The first-order valence-corrected chi connectivity index (χ1v) is 10.6. The van der Waals surface area contributed by atoms with Crippen LogP contribution in [0.4, 0.5) is 5.13 Å². The third-order valence-corrected chi connectivity index (χ3v) is 5.77. The summed E-state index contributed by atoms with van der Waals surface area (Å²) in [5.74, 6) is 0.0915. The number of rotatable bonds is 8. The molecule has 0 N–H and O–H groups in total. The van der Waals surface area contributed by atoms with Gasteiger partial charge in [0.25, 0.3) is 0 Å². The lowest BCUT2D eigenvalue weighted by atomic mass is 10.1. The molecule has 0 saturated heterocycles. The largest absolute Gasteiger partial charge is 0.289 e. The fraction of sp³-hybridized carbons (Fsp3) is 0.304. The van der Waals surface area contributed by atoms with Gasteiger partial charge in [0.05, 0.1) is 5.69 Å². The Balaban J connectivity index is 1.51. The second-order valence-electron chi connectivity index (χ2n) is 7.36. The summed E-state index contributed by atoms with van der Waals surface area (Å²) in [4.78, 5) is 21.1. The molecule has 2 aromatic carbocycles. The Morgan fingerprint density at radius 2 is 1.54 bits per heavy atom. The average Bonchev–Trinajstić information content (AvgIpc) is 3.42. The van der Waals surface area contributed by atoms with E-state index in [2.05, 4.69) is 58.8 Å². The van der Waals surface area contributed by atoms with Crippen LogP contribution in [-0.2, 0) is 24.4 Å². The first-order chi connectivity index (χ1) is 13.7. The van der Waals surface area contributed by atoms with E-state index < -0.39 is 0 Å². The number of hydrogen-bond acceptors (Lipinski definition) is 4. The molecule has 144 valence electrons. The van der Waals surface area contributed by atoms with Crippen molar-refractivity contribution in [1.29, 1.82) is 0 Å². The highest BCUT2D eigenvalue weighted by molar-refractivity contribution is 7.14. The second kappa shape index (κ2) is 8.67. The fourth-order valence-corrected chi connectivity index (χ4v) is 4.37. The maximum atomic E-state index is 12.0. The van der Waals surface area contributed by atoms with E-state index in [1.165, 1.54) is 11.1 Å². The minimum Gasteiger partial charge on any atom is -0.289 e. The lowest BCUT2D eigenvalue weighted by molar-refractivity contribution is -0.116. The Labute approximate surface area is 170 Å². The Hall–Kier alpha value is -2.50. The molecule has 0 bridgehead atoms. The number of thiazole rings is 1. The minimum absolute atomic E-state index is 0.0915. The first-order valence-electron chi connectivity index (χ1n) is 9.73. The van der Waals surface area contributed by atoms with Crippen LogP contribution in [0.1, 0.15) is 36.6 Å². The van der Waals surface area contributed by atoms with Gasteiger partial charge in [0.1, 0.15) is 0 Å². The quantitative estimate of drug-likeness (QED) is 0.550. The molecule has 4 nitrogen and oxygen atoms in total. The third kappa shape index (κ3) is 4.86. The topological polar surface area (TPSA) is 36.4 Å². The van der Waals surface area contributed by atoms with Crippen LogP contribution < -0.4 is 4.90 Å². The molecule has 1 heterocycles. The molecule has 1 aliphatic rings. The van der Waals surface area contributed by atoms with Crippen molar-refractivity contribution in [3.05, 3.63) is 82.9 Å². The highest BCUT2D eigenvalue weighted by Gasteiger charge is 2.33. The molecule has 28 heavy (non-hydrogen) atoms. The number of carbonyl (C=O) groups is 1. The molecule has 1 saturated carbocycles. The highest BCUT2D eigenvalue weighted by atomic mass is 32.1. The molecule has 0 unspecified atom stereocenters. The molecule has 1 amide bonds. The summed E-state index contributed by atoms with van der Waals surface area (Å²) in [6.45, 7) is 4.12. The number of hydrogen-bond donors (Lipinski definition) is 0. The van der Waals surface area contributed by atoms with Gasteiger partial charge in [-0.25, -0.2) is 4.98 Å². The molecule has 1 aliphatic carbocycles. The van der Waals surface area contributed by atoms with Crippen LogP contribution in [0.3, 0.4) is 0 Å². The number of nitrogens with zero attached hydrogens (tertiary/aromatic N) is 3.